The highest BCUT2D eigenvalue weighted by Crippen LogP contribution is 2.41. The molecule has 3 aromatic carbocycles. The van der Waals surface area contributed by atoms with E-state index in [-0.39, 0.29) is 30.0 Å². The van der Waals surface area contributed by atoms with Crippen molar-refractivity contribution >= 4 is 11.0 Å². The fourth-order valence-corrected chi connectivity index (χ4v) is 4.52. The van der Waals surface area contributed by atoms with Gasteiger partial charge < -0.3 is 28.1 Å². The van der Waals surface area contributed by atoms with Crippen molar-refractivity contribution in [2.75, 3.05) is 34.6 Å². The first-order chi connectivity index (χ1) is 19.2. The van der Waals surface area contributed by atoms with Crippen LogP contribution in [0.15, 0.2) is 63.8 Å². The highest BCUT2D eigenvalue weighted by atomic mass is 19.4. The first-order valence-corrected chi connectivity index (χ1v) is 12.3. The molecule has 0 saturated heterocycles. The van der Waals surface area contributed by atoms with Crippen molar-refractivity contribution in [2.24, 2.45) is 0 Å². The van der Waals surface area contributed by atoms with Crippen molar-refractivity contribution in [3.8, 4) is 34.5 Å². The average Bonchev–Trinajstić information content (AvgIpc) is 2.96. The maximum absolute atomic E-state index is 14.1. The van der Waals surface area contributed by atoms with Gasteiger partial charge in [0.1, 0.15) is 29.6 Å². The SMILES string of the molecule is COc1cccc(Oc2c(C(F)(F)F)oc3c4c(ccc3c2=O)OCN(CCc2ccc(OC)c(OC)c2)C4)c1. The van der Waals surface area contributed by atoms with Gasteiger partial charge in [0, 0.05) is 19.2 Å². The third kappa shape index (κ3) is 5.37. The minimum Gasteiger partial charge on any atom is -0.497 e. The minimum absolute atomic E-state index is 0.000805. The van der Waals surface area contributed by atoms with Crippen LogP contribution < -0.4 is 29.1 Å². The normalized spacial score (nSPS) is 13.4. The molecule has 210 valence electrons. The minimum atomic E-state index is -4.99. The van der Waals surface area contributed by atoms with Crippen molar-refractivity contribution in [3.05, 3.63) is 81.7 Å². The van der Waals surface area contributed by atoms with Crippen LogP contribution in [0.4, 0.5) is 13.2 Å². The zero-order valence-electron chi connectivity index (χ0n) is 22.0. The van der Waals surface area contributed by atoms with Gasteiger partial charge in [-0.05, 0) is 48.4 Å². The van der Waals surface area contributed by atoms with Crippen LogP contribution in [0, 0.1) is 0 Å². The number of fused-ring (bicyclic) bond motifs is 3. The van der Waals surface area contributed by atoms with E-state index in [1.165, 1.54) is 31.4 Å². The van der Waals surface area contributed by atoms with Crippen molar-refractivity contribution in [1.29, 1.82) is 0 Å². The summed E-state index contributed by atoms with van der Waals surface area (Å²) in [5.74, 6) is -0.556. The largest absolute Gasteiger partial charge is 0.497 e. The highest BCUT2D eigenvalue weighted by Gasteiger charge is 2.41. The lowest BCUT2D eigenvalue weighted by Gasteiger charge is -2.29. The molecule has 0 spiro atoms. The fraction of sp³-hybridized carbons (Fsp3) is 0.276. The molecule has 40 heavy (non-hydrogen) atoms. The van der Waals surface area contributed by atoms with Crippen LogP contribution in [0.1, 0.15) is 16.9 Å². The Morgan fingerprint density at radius 2 is 1.70 bits per heavy atom. The highest BCUT2D eigenvalue weighted by molar-refractivity contribution is 5.84. The number of alkyl halides is 3. The Labute approximate surface area is 227 Å². The summed E-state index contributed by atoms with van der Waals surface area (Å²) >= 11 is 0. The summed E-state index contributed by atoms with van der Waals surface area (Å²) in [7, 11) is 4.52. The van der Waals surface area contributed by atoms with Crippen LogP contribution in [-0.2, 0) is 19.1 Å². The number of ether oxygens (including phenoxy) is 5. The molecule has 11 heteroatoms. The summed E-state index contributed by atoms with van der Waals surface area (Å²) in [5.41, 5.74) is 0.198. The molecule has 2 heterocycles. The standard InChI is InChI=1S/C29H26F3NO7/c1-35-18-5-4-6-19(14-18)39-27-25(34)20-8-10-22-21(26(20)40-28(27)29(30,31)32)15-33(16-38-22)12-11-17-7-9-23(36-2)24(13-17)37-3/h4-10,13-14H,11-12,15-16H2,1-3H3. The predicted molar refractivity (Wildman–Crippen MR) is 140 cm³/mol. The van der Waals surface area contributed by atoms with Gasteiger partial charge in [0.05, 0.1) is 32.3 Å². The van der Waals surface area contributed by atoms with E-state index in [1.807, 2.05) is 23.1 Å². The van der Waals surface area contributed by atoms with Crippen LogP contribution in [0.25, 0.3) is 11.0 Å². The predicted octanol–water partition coefficient (Wildman–Crippen LogP) is 6.02. The van der Waals surface area contributed by atoms with Gasteiger partial charge in [-0.25, -0.2) is 0 Å². The molecule has 0 radical (unpaired) electrons. The Morgan fingerprint density at radius 1 is 0.925 bits per heavy atom. The van der Waals surface area contributed by atoms with E-state index in [0.717, 1.165) is 5.56 Å². The summed E-state index contributed by atoms with van der Waals surface area (Å²) in [6, 6.07) is 14.5. The molecule has 0 saturated carbocycles. The molecule has 0 N–H and O–H groups in total. The number of halogens is 3. The number of rotatable bonds is 8. The van der Waals surface area contributed by atoms with Crippen molar-refractivity contribution in [3.63, 3.8) is 0 Å². The lowest BCUT2D eigenvalue weighted by atomic mass is 10.1. The Kier molecular flexibility index (Phi) is 7.49. The monoisotopic (exact) mass is 557 g/mol. The first-order valence-electron chi connectivity index (χ1n) is 12.3. The Balaban J connectivity index is 1.47. The number of nitrogens with zero attached hydrogens (tertiary/aromatic N) is 1. The molecule has 4 aromatic rings. The van der Waals surface area contributed by atoms with E-state index in [2.05, 4.69) is 0 Å². The van der Waals surface area contributed by atoms with Gasteiger partial charge in [-0.1, -0.05) is 12.1 Å². The summed E-state index contributed by atoms with van der Waals surface area (Å²) in [6.45, 7) is 0.966. The molecule has 0 unspecified atom stereocenters. The Morgan fingerprint density at radius 3 is 2.42 bits per heavy atom. The lowest BCUT2D eigenvalue weighted by molar-refractivity contribution is -0.154. The van der Waals surface area contributed by atoms with Gasteiger partial charge in [0.2, 0.25) is 11.2 Å². The molecular weight excluding hydrogens is 531 g/mol. The number of methoxy groups -OCH3 is 3. The maximum atomic E-state index is 14.1. The smallest absolute Gasteiger partial charge is 0.453 e. The molecule has 0 atom stereocenters. The van der Waals surface area contributed by atoms with Gasteiger partial charge in [0.25, 0.3) is 5.76 Å². The molecule has 5 rings (SSSR count). The van der Waals surface area contributed by atoms with Crippen molar-refractivity contribution < 1.29 is 41.3 Å². The maximum Gasteiger partial charge on any atom is 0.453 e. The second kappa shape index (κ2) is 11.0. The van der Waals surface area contributed by atoms with Gasteiger partial charge in [0.15, 0.2) is 11.5 Å². The second-order valence-corrected chi connectivity index (χ2v) is 9.05. The van der Waals surface area contributed by atoms with Gasteiger partial charge >= 0.3 is 6.18 Å². The molecule has 1 aromatic heterocycles. The number of hydrogen-bond donors (Lipinski definition) is 0. The van der Waals surface area contributed by atoms with Crippen LogP contribution >= 0.6 is 0 Å². The second-order valence-electron chi connectivity index (χ2n) is 9.05. The molecule has 0 aliphatic carbocycles. The molecule has 1 aliphatic heterocycles. The van der Waals surface area contributed by atoms with E-state index in [0.29, 0.717) is 41.5 Å². The summed E-state index contributed by atoms with van der Waals surface area (Å²) in [5, 5.41) is -0.0463. The molecule has 8 nitrogen and oxygen atoms in total. The van der Waals surface area contributed by atoms with E-state index in [4.69, 9.17) is 28.1 Å². The zero-order chi connectivity index (χ0) is 28.4. The molecule has 1 aliphatic rings. The zero-order valence-corrected chi connectivity index (χ0v) is 22.0. The summed E-state index contributed by atoms with van der Waals surface area (Å²) in [4.78, 5) is 15.3. The third-order valence-electron chi connectivity index (χ3n) is 6.55. The lowest BCUT2D eigenvalue weighted by Crippen LogP contribution is -2.34. The van der Waals surface area contributed by atoms with Gasteiger partial charge in [-0.3, -0.25) is 9.69 Å². The fourth-order valence-electron chi connectivity index (χ4n) is 4.52. The Hall–Kier alpha value is -4.38. The van der Waals surface area contributed by atoms with E-state index in [9.17, 15) is 18.0 Å². The van der Waals surface area contributed by atoms with Gasteiger partial charge in [-0.15, -0.1) is 0 Å². The molecule has 0 fully saturated rings. The Bertz CT molecular complexity index is 1600. The first kappa shape index (κ1) is 27.2. The van der Waals surface area contributed by atoms with E-state index in [1.54, 1.807) is 26.4 Å². The van der Waals surface area contributed by atoms with Crippen LogP contribution in [0.3, 0.4) is 0 Å². The molecule has 0 bridgehead atoms. The summed E-state index contributed by atoms with van der Waals surface area (Å²) in [6.07, 6.45) is -4.38. The summed E-state index contributed by atoms with van der Waals surface area (Å²) < 4.78 is 74.8. The van der Waals surface area contributed by atoms with Crippen LogP contribution in [0.2, 0.25) is 0 Å². The van der Waals surface area contributed by atoms with Gasteiger partial charge in [-0.2, -0.15) is 13.2 Å². The number of hydrogen-bond acceptors (Lipinski definition) is 8. The van der Waals surface area contributed by atoms with Crippen LogP contribution in [-0.4, -0.2) is 39.5 Å². The van der Waals surface area contributed by atoms with Crippen molar-refractivity contribution in [2.45, 2.75) is 19.1 Å². The molecular formula is C29H26F3NO7. The van der Waals surface area contributed by atoms with Crippen molar-refractivity contribution in [1.82, 2.24) is 4.90 Å². The topological polar surface area (TPSA) is 79.6 Å². The van der Waals surface area contributed by atoms with Crippen LogP contribution in [0.5, 0.6) is 34.5 Å². The number of benzene rings is 3. The average molecular weight is 558 g/mol. The van der Waals surface area contributed by atoms with E-state index >= 15 is 0 Å². The third-order valence-corrected chi connectivity index (χ3v) is 6.55. The van der Waals surface area contributed by atoms with E-state index < -0.39 is 23.1 Å². The molecule has 0 amide bonds. The quantitative estimate of drug-likeness (QED) is 0.260.